The third kappa shape index (κ3) is 2.86. The second kappa shape index (κ2) is 5.69. The maximum Gasteiger partial charge on any atom is 0.127 e. The third-order valence-corrected chi connectivity index (χ3v) is 5.52. The number of nitrogens with zero attached hydrogens (tertiary/aromatic N) is 1. The molecule has 0 bridgehead atoms. The highest BCUT2D eigenvalue weighted by molar-refractivity contribution is 5.21. The monoisotopic (exact) mass is 290 g/mol. The molecule has 2 fully saturated rings. The maximum atomic E-state index is 14.1. The van der Waals surface area contributed by atoms with Crippen molar-refractivity contribution in [3.8, 4) is 0 Å². The van der Waals surface area contributed by atoms with Gasteiger partial charge in [0.15, 0.2) is 0 Å². The van der Waals surface area contributed by atoms with Crippen molar-refractivity contribution < 1.29 is 4.39 Å². The molecule has 3 atom stereocenters. The summed E-state index contributed by atoms with van der Waals surface area (Å²) >= 11 is 0. The summed E-state index contributed by atoms with van der Waals surface area (Å²) in [4.78, 5) is 2.52. The Labute approximate surface area is 127 Å². The normalized spacial score (nSPS) is 32.1. The molecule has 1 aromatic carbocycles. The number of piperazine rings is 1. The Hall–Kier alpha value is -0.930. The molecular weight excluding hydrogens is 263 g/mol. The summed E-state index contributed by atoms with van der Waals surface area (Å²) in [6.45, 7) is 8.76. The van der Waals surface area contributed by atoms with Crippen molar-refractivity contribution in [2.45, 2.75) is 57.7 Å². The standard InChI is InChI=1S/C18H27FN2/c1-4-15-11-20-18(3,14-9-10-14)12-21(15)13(2)16-7-5-6-8-17(16)19/h5-8,13-15,20H,4,9-12H2,1-3H3. The molecule has 2 nitrogen and oxygen atoms in total. The van der Waals surface area contributed by atoms with Crippen LogP contribution in [0, 0.1) is 11.7 Å². The van der Waals surface area contributed by atoms with E-state index in [1.165, 1.54) is 12.8 Å². The quantitative estimate of drug-likeness (QED) is 0.909. The van der Waals surface area contributed by atoms with E-state index >= 15 is 0 Å². The van der Waals surface area contributed by atoms with Crippen LogP contribution in [-0.4, -0.2) is 29.6 Å². The molecule has 3 rings (SSSR count). The zero-order chi connectivity index (χ0) is 15.0. The summed E-state index contributed by atoms with van der Waals surface area (Å²) in [5, 5.41) is 3.77. The molecule has 116 valence electrons. The van der Waals surface area contributed by atoms with E-state index < -0.39 is 0 Å². The van der Waals surface area contributed by atoms with Crippen LogP contribution in [0.4, 0.5) is 4.39 Å². The van der Waals surface area contributed by atoms with Gasteiger partial charge in [-0.05, 0) is 45.1 Å². The molecule has 0 amide bonds. The van der Waals surface area contributed by atoms with Crippen LogP contribution in [0.25, 0.3) is 0 Å². The number of rotatable bonds is 4. The van der Waals surface area contributed by atoms with Gasteiger partial charge in [0.2, 0.25) is 0 Å². The van der Waals surface area contributed by atoms with Gasteiger partial charge in [0.25, 0.3) is 0 Å². The van der Waals surface area contributed by atoms with Gasteiger partial charge in [-0.15, -0.1) is 0 Å². The van der Waals surface area contributed by atoms with E-state index in [2.05, 4.69) is 31.0 Å². The van der Waals surface area contributed by atoms with Crippen LogP contribution in [0.3, 0.4) is 0 Å². The van der Waals surface area contributed by atoms with Gasteiger partial charge in [-0.2, -0.15) is 0 Å². The second-order valence-electron chi connectivity index (χ2n) is 7.00. The molecular formula is C18H27FN2. The zero-order valence-corrected chi connectivity index (χ0v) is 13.4. The molecule has 0 spiro atoms. The molecule has 3 unspecified atom stereocenters. The van der Waals surface area contributed by atoms with Crippen molar-refractivity contribution in [1.29, 1.82) is 0 Å². The predicted molar refractivity (Wildman–Crippen MR) is 84.7 cm³/mol. The Balaban J connectivity index is 1.84. The number of halogens is 1. The Kier molecular flexibility index (Phi) is 4.06. The first kappa shape index (κ1) is 15.0. The lowest BCUT2D eigenvalue weighted by Crippen LogP contribution is -2.64. The van der Waals surface area contributed by atoms with E-state index in [0.717, 1.165) is 31.0 Å². The Bertz CT molecular complexity index is 500. The summed E-state index contributed by atoms with van der Waals surface area (Å²) in [5.74, 6) is 0.720. The molecule has 3 heteroatoms. The van der Waals surface area contributed by atoms with E-state index in [1.54, 1.807) is 12.1 Å². The number of hydrogen-bond acceptors (Lipinski definition) is 2. The molecule has 1 aliphatic carbocycles. The lowest BCUT2D eigenvalue weighted by atomic mass is 9.88. The van der Waals surface area contributed by atoms with Gasteiger partial charge in [0.05, 0.1) is 0 Å². The summed E-state index contributed by atoms with van der Waals surface area (Å²) in [6.07, 6.45) is 3.77. The smallest absolute Gasteiger partial charge is 0.127 e. The number of nitrogens with one attached hydrogen (secondary N) is 1. The first-order valence-corrected chi connectivity index (χ1v) is 8.30. The van der Waals surface area contributed by atoms with Gasteiger partial charge in [0, 0.05) is 36.3 Å². The van der Waals surface area contributed by atoms with Gasteiger partial charge in [0.1, 0.15) is 5.82 Å². The molecule has 1 heterocycles. The SMILES string of the molecule is CCC1CNC(C)(C2CC2)CN1C(C)c1ccccc1F. The van der Waals surface area contributed by atoms with Crippen molar-refractivity contribution in [2.24, 2.45) is 5.92 Å². The Morgan fingerprint density at radius 3 is 2.71 bits per heavy atom. The van der Waals surface area contributed by atoms with E-state index in [0.29, 0.717) is 6.04 Å². The first-order chi connectivity index (χ1) is 10.0. The highest BCUT2D eigenvalue weighted by Gasteiger charge is 2.46. The lowest BCUT2D eigenvalue weighted by molar-refractivity contribution is 0.0407. The Morgan fingerprint density at radius 2 is 2.10 bits per heavy atom. The van der Waals surface area contributed by atoms with Crippen LogP contribution in [0.1, 0.15) is 51.6 Å². The van der Waals surface area contributed by atoms with Gasteiger partial charge in [-0.3, -0.25) is 4.90 Å². The van der Waals surface area contributed by atoms with E-state index in [9.17, 15) is 4.39 Å². The fraction of sp³-hybridized carbons (Fsp3) is 0.667. The predicted octanol–water partition coefficient (Wildman–Crippen LogP) is 3.74. The topological polar surface area (TPSA) is 15.3 Å². The minimum Gasteiger partial charge on any atom is -0.308 e. The maximum absolute atomic E-state index is 14.1. The first-order valence-electron chi connectivity index (χ1n) is 8.30. The van der Waals surface area contributed by atoms with Crippen molar-refractivity contribution in [3.05, 3.63) is 35.6 Å². The van der Waals surface area contributed by atoms with Crippen LogP contribution in [0.2, 0.25) is 0 Å². The molecule has 1 saturated carbocycles. The summed E-state index contributed by atoms with van der Waals surface area (Å²) in [5.41, 5.74) is 1.03. The molecule has 2 aliphatic rings. The summed E-state index contributed by atoms with van der Waals surface area (Å²) < 4.78 is 14.1. The molecule has 0 aromatic heterocycles. The van der Waals surface area contributed by atoms with Crippen molar-refractivity contribution >= 4 is 0 Å². The van der Waals surface area contributed by atoms with Gasteiger partial charge >= 0.3 is 0 Å². The largest absolute Gasteiger partial charge is 0.308 e. The summed E-state index contributed by atoms with van der Waals surface area (Å²) in [6, 6.07) is 7.86. The number of benzene rings is 1. The van der Waals surface area contributed by atoms with Crippen LogP contribution < -0.4 is 5.32 Å². The average molecular weight is 290 g/mol. The minimum atomic E-state index is -0.0773. The van der Waals surface area contributed by atoms with Gasteiger partial charge in [-0.1, -0.05) is 25.1 Å². The lowest BCUT2D eigenvalue weighted by Gasteiger charge is -2.49. The molecule has 1 aromatic rings. The van der Waals surface area contributed by atoms with Crippen LogP contribution in [0.5, 0.6) is 0 Å². The van der Waals surface area contributed by atoms with Crippen LogP contribution in [-0.2, 0) is 0 Å². The summed E-state index contributed by atoms with van der Waals surface area (Å²) in [7, 11) is 0. The van der Waals surface area contributed by atoms with E-state index in [4.69, 9.17) is 0 Å². The molecule has 1 N–H and O–H groups in total. The van der Waals surface area contributed by atoms with Gasteiger partial charge < -0.3 is 5.32 Å². The molecule has 1 aliphatic heterocycles. The molecule has 21 heavy (non-hydrogen) atoms. The minimum absolute atomic E-state index is 0.0773. The van der Waals surface area contributed by atoms with Crippen LogP contribution in [0.15, 0.2) is 24.3 Å². The van der Waals surface area contributed by atoms with E-state index in [1.807, 2.05) is 12.1 Å². The highest BCUT2D eigenvalue weighted by Crippen LogP contribution is 2.43. The highest BCUT2D eigenvalue weighted by atomic mass is 19.1. The fourth-order valence-electron chi connectivity index (χ4n) is 3.85. The van der Waals surface area contributed by atoms with Crippen molar-refractivity contribution in [2.75, 3.05) is 13.1 Å². The Morgan fingerprint density at radius 1 is 1.38 bits per heavy atom. The molecule has 0 radical (unpaired) electrons. The number of hydrogen-bond donors (Lipinski definition) is 1. The van der Waals surface area contributed by atoms with Gasteiger partial charge in [-0.25, -0.2) is 4.39 Å². The average Bonchev–Trinajstić information content (AvgIpc) is 3.32. The van der Waals surface area contributed by atoms with Crippen LogP contribution >= 0.6 is 0 Å². The van der Waals surface area contributed by atoms with E-state index in [-0.39, 0.29) is 17.4 Å². The zero-order valence-electron chi connectivity index (χ0n) is 13.4. The second-order valence-corrected chi connectivity index (χ2v) is 7.00. The molecule has 1 saturated heterocycles. The third-order valence-electron chi connectivity index (χ3n) is 5.52. The van der Waals surface area contributed by atoms with Crippen molar-refractivity contribution in [1.82, 2.24) is 10.2 Å². The fourth-order valence-corrected chi connectivity index (χ4v) is 3.85. The van der Waals surface area contributed by atoms with Crippen molar-refractivity contribution in [3.63, 3.8) is 0 Å².